The van der Waals surface area contributed by atoms with Gasteiger partial charge in [-0.1, -0.05) is 12.1 Å². The molecule has 4 rings (SSSR count). The number of nitro benzene ring substituents is 1. The highest BCUT2D eigenvalue weighted by molar-refractivity contribution is 8.21. The number of nitrogens with zero attached hydrogens (tertiary/aromatic N) is 3. The minimum Gasteiger partial charge on any atom is -0.318 e. The summed E-state index contributed by atoms with van der Waals surface area (Å²) < 4.78 is 2.08. The fourth-order valence-corrected chi connectivity index (χ4v) is 6.89. The molecule has 0 spiro atoms. The number of nitro groups is 1. The predicted molar refractivity (Wildman–Crippen MR) is 141 cm³/mol. The van der Waals surface area contributed by atoms with Crippen LogP contribution in [0.3, 0.4) is 0 Å². The van der Waals surface area contributed by atoms with Gasteiger partial charge in [0, 0.05) is 46.3 Å². The van der Waals surface area contributed by atoms with E-state index in [0.717, 1.165) is 45.3 Å². The molecule has 0 bridgehead atoms. The van der Waals surface area contributed by atoms with Gasteiger partial charge in [-0.25, -0.2) is 5.43 Å². The molecule has 3 aromatic rings. The summed E-state index contributed by atoms with van der Waals surface area (Å²) in [6.45, 7) is 6.16. The van der Waals surface area contributed by atoms with Crippen LogP contribution >= 0.6 is 23.5 Å². The summed E-state index contributed by atoms with van der Waals surface area (Å²) in [4.78, 5) is 22.8. The zero-order chi connectivity index (χ0) is 24.3. The third kappa shape index (κ3) is 5.37. The van der Waals surface area contributed by atoms with E-state index in [1.807, 2.05) is 67.7 Å². The number of hydrogen-bond acceptors (Lipinski definition) is 6. The van der Waals surface area contributed by atoms with E-state index in [1.165, 1.54) is 12.1 Å². The number of thioether (sulfide) groups is 2. The Morgan fingerprint density at radius 3 is 2.29 bits per heavy atom. The third-order valence-corrected chi connectivity index (χ3v) is 9.07. The second-order valence-electron chi connectivity index (χ2n) is 8.31. The Hall–Kier alpha value is -3.04. The van der Waals surface area contributed by atoms with Crippen LogP contribution in [0.15, 0.2) is 59.7 Å². The van der Waals surface area contributed by atoms with Gasteiger partial charge in [0.2, 0.25) is 5.91 Å². The Labute approximate surface area is 207 Å². The van der Waals surface area contributed by atoms with Gasteiger partial charge in [0.25, 0.3) is 5.69 Å². The zero-order valence-electron chi connectivity index (χ0n) is 19.3. The summed E-state index contributed by atoms with van der Waals surface area (Å²) in [6.07, 6.45) is 2.14. The van der Waals surface area contributed by atoms with Gasteiger partial charge in [-0.15, -0.1) is 23.5 Å². The number of rotatable bonds is 7. The van der Waals surface area contributed by atoms with Crippen molar-refractivity contribution in [3.05, 3.63) is 81.7 Å². The van der Waals surface area contributed by atoms with Crippen LogP contribution in [-0.2, 0) is 4.79 Å². The molecule has 0 unspecified atom stereocenters. The van der Waals surface area contributed by atoms with E-state index >= 15 is 0 Å². The first-order valence-electron chi connectivity index (χ1n) is 10.9. The quantitative estimate of drug-likeness (QED) is 0.258. The Balaban J connectivity index is 1.46. The van der Waals surface area contributed by atoms with Gasteiger partial charge in [0.1, 0.15) is 0 Å². The normalized spacial score (nSPS) is 15.0. The van der Waals surface area contributed by atoms with Crippen molar-refractivity contribution < 1.29 is 9.72 Å². The van der Waals surface area contributed by atoms with Crippen LogP contribution in [-0.4, -0.2) is 37.2 Å². The molecule has 2 aromatic carbocycles. The molecule has 176 valence electrons. The molecule has 2 heterocycles. The highest BCUT2D eigenvalue weighted by Gasteiger charge is 2.32. The van der Waals surface area contributed by atoms with Crippen molar-refractivity contribution in [3.8, 4) is 16.8 Å². The molecule has 0 atom stereocenters. The smallest absolute Gasteiger partial charge is 0.269 e. The Kier molecular flexibility index (Phi) is 7.13. The maximum Gasteiger partial charge on any atom is 0.269 e. The Bertz CT molecular complexity index is 1230. The maximum atomic E-state index is 12.3. The van der Waals surface area contributed by atoms with Crippen molar-refractivity contribution in [2.45, 2.75) is 31.3 Å². The first kappa shape index (κ1) is 24.1. The Morgan fingerprint density at radius 1 is 1.12 bits per heavy atom. The number of hydrazone groups is 1. The first-order valence-corrected chi connectivity index (χ1v) is 12.9. The van der Waals surface area contributed by atoms with Crippen LogP contribution < -0.4 is 5.43 Å². The lowest BCUT2D eigenvalue weighted by Gasteiger charge is -2.19. The van der Waals surface area contributed by atoms with E-state index in [-0.39, 0.29) is 15.7 Å². The van der Waals surface area contributed by atoms with Crippen LogP contribution in [0.1, 0.15) is 30.3 Å². The molecule has 9 heteroatoms. The molecule has 1 aliphatic rings. The van der Waals surface area contributed by atoms with Crippen molar-refractivity contribution in [3.63, 3.8) is 0 Å². The van der Waals surface area contributed by atoms with Gasteiger partial charge in [-0.3, -0.25) is 14.9 Å². The molecule has 1 aliphatic heterocycles. The van der Waals surface area contributed by atoms with Crippen molar-refractivity contribution in [1.29, 1.82) is 0 Å². The van der Waals surface area contributed by atoms with E-state index < -0.39 is 4.92 Å². The monoisotopic (exact) mass is 494 g/mol. The van der Waals surface area contributed by atoms with Crippen LogP contribution in [0, 0.1) is 24.0 Å². The number of amides is 1. The summed E-state index contributed by atoms with van der Waals surface area (Å²) in [5.41, 5.74) is 8.67. The van der Waals surface area contributed by atoms with Gasteiger partial charge in [0.15, 0.2) is 0 Å². The molecule has 0 radical (unpaired) electrons. The SMILES string of the molecule is Cc1cc(/C=N\NC(=O)CC2(C)SCCS2)c(C)n1-c1ccc(-c2ccc([N+](=O)[O-])cc2)cc1. The topological polar surface area (TPSA) is 89.5 Å². The van der Waals surface area contributed by atoms with E-state index in [0.29, 0.717) is 6.42 Å². The number of benzene rings is 2. The second-order valence-corrected chi connectivity index (χ2v) is 11.8. The van der Waals surface area contributed by atoms with Gasteiger partial charge < -0.3 is 4.57 Å². The van der Waals surface area contributed by atoms with E-state index in [9.17, 15) is 14.9 Å². The van der Waals surface area contributed by atoms with Crippen LogP contribution in [0.25, 0.3) is 16.8 Å². The lowest BCUT2D eigenvalue weighted by atomic mass is 10.0. The van der Waals surface area contributed by atoms with Gasteiger partial charge in [-0.05, 0) is 62.2 Å². The summed E-state index contributed by atoms with van der Waals surface area (Å²) in [5.74, 6) is 2.09. The predicted octanol–water partition coefficient (Wildman–Crippen LogP) is 5.71. The molecule has 0 saturated carbocycles. The summed E-state index contributed by atoms with van der Waals surface area (Å²) in [6, 6.07) is 16.6. The fourth-order valence-electron chi connectivity index (χ4n) is 4.06. The molecule has 1 N–H and O–H groups in total. The lowest BCUT2D eigenvalue weighted by molar-refractivity contribution is -0.384. The number of aryl methyl sites for hydroxylation is 1. The Morgan fingerprint density at radius 2 is 1.71 bits per heavy atom. The van der Waals surface area contributed by atoms with Crippen molar-refractivity contribution in [2.24, 2.45) is 5.10 Å². The number of hydrogen-bond donors (Lipinski definition) is 1. The minimum absolute atomic E-state index is 0.0595. The molecular weight excluding hydrogens is 468 g/mol. The summed E-state index contributed by atoms with van der Waals surface area (Å²) >= 11 is 3.66. The van der Waals surface area contributed by atoms with Crippen molar-refractivity contribution in [1.82, 2.24) is 9.99 Å². The number of carbonyl (C=O) groups is 1. The van der Waals surface area contributed by atoms with Crippen LogP contribution in [0.2, 0.25) is 0 Å². The van der Waals surface area contributed by atoms with Gasteiger partial charge in [0.05, 0.1) is 21.6 Å². The zero-order valence-corrected chi connectivity index (χ0v) is 20.9. The average Bonchev–Trinajstić information content (AvgIpc) is 3.36. The molecule has 0 aliphatic carbocycles. The maximum absolute atomic E-state index is 12.3. The molecule has 7 nitrogen and oxygen atoms in total. The molecule has 1 saturated heterocycles. The van der Waals surface area contributed by atoms with Gasteiger partial charge >= 0.3 is 0 Å². The highest BCUT2D eigenvalue weighted by atomic mass is 32.2. The van der Waals surface area contributed by atoms with Crippen molar-refractivity contribution in [2.75, 3.05) is 11.5 Å². The minimum atomic E-state index is -0.398. The number of non-ortho nitro benzene ring substituents is 1. The second kappa shape index (κ2) is 10.1. The van der Waals surface area contributed by atoms with E-state index in [4.69, 9.17) is 0 Å². The van der Waals surface area contributed by atoms with Gasteiger partial charge in [-0.2, -0.15) is 5.10 Å². The molecule has 34 heavy (non-hydrogen) atoms. The van der Waals surface area contributed by atoms with E-state index in [1.54, 1.807) is 18.3 Å². The highest BCUT2D eigenvalue weighted by Crippen LogP contribution is 2.45. The first-order chi connectivity index (χ1) is 16.3. The number of carbonyl (C=O) groups excluding carboxylic acids is 1. The molecule has 1 aromatic heterocycles. The molecule has 1 fully saturated rings. The van der Waals surface area contributed by atoms with Crippen molar-refractivity contribution >= 4 is 41.3 Å². The standard InChI is InChI=1S/C25H26N4O3S2/c1-17-14-21(16-26-27-24(30)15-25(3)33-12-13-34-25)18(2)28(17)22-8-4-19(5-9-22)20-6-10-23(11-7-20)29(31)32/h4-11,14,16H,12-13,15H2,1-3H3,(H,27,30)/b26-16-. The lowest BCUT2D eigenvalue weighted by Crippen LogP contribution is -2.26. The summed E-state index contributed by atoms with van der Waals surface area (Å²) in [7, 11) is 0. The fraction of sp³-hybridized carbons (Fsp3) is 0.280. The van der Waals surface area contributed by atoms with Crippen LogP contribution in [0.5, 0.6) is 0 Å². The summed E-state index contributed by atoms with van der Waals surface area (Å²) in [5, 5.41) is 15.1. The van der Waals surface area contributed by atoms with Crippen LogP contribution in [0.4, 0.5) is 5.69 Å². The number of nitrogens with one attached hydrogen (secondary N) is 1. The van der Waals surface area contributed by atoms with E-state index in [2.05, 4.69) is 22.0 Å². The largest absolute Gasteiger partial charge is 0.318 e. The third-order valence-electron chi connectivity index (χ3n) is 5.78. The number of aromatic nitrogens is 1. The molecule has 1 amide bonds. The molecular formula is C25H26N4O3S2. The average molecular weight is 495 g/mol.